The zero-order valence-electron chi connectivity index (χ0n) is 44.8. The Bertz CT molecular complexity index is 1700. The van der Waals surface area contributed by atoms with Crippen LogP contribution in [0.4, 0.5) is 0 Å². The van der Waals surface area contributed by atoms with Gasteiger partial charge in [0.25, 0.3) is 0 Å². The first kappa shape index (κ1) is 68.6. The SMILES string of the molecule is CC/C=C/C/C=C/C/C=C/CCCCCCCC(=O)OCC(COCCNC(=O)CN(CCCN(CCN(CC(=O)O)CC(=O)O)CC(=O)O)CC(=O)O)OC(=O)CCCCCCC/C=C/C/C=C/C/C=C/CC. The molecule has 1 atom stereocenters. The average molecular weight is 1050 g/mol. The van der Waals surface area contributed by atoms with Crippen molar-refractivity contribution in [3.8, 4) is 0 Å². The maximum absolute atomic E-state index is 12.9. The Balaban J connectivity index is 5.03. The van der Waals surface area contributed by atoms with Crippen molar-refractivity contribution in [3.05, 3.63) is 72.9 Å². The van der Waals surface area contributed by atoms with Gasteiger partial charge in [0, 0.05) is 45.6 Å². The van der Waals surface area contributed by atoms with Crippen LogP contribution in [0.25, 0.3) is 0 Å². The van der Waals surface area contributed by atoms with E-state index in [9.17, 15) is 43.8 Å². The molecule has 420 valence electrons. The molecule has 0 saturated heterocycles. The first-order chi connectivity index (χ1) is 35.7. The molecule has 0 aliphatic heterocycles. The van der Waals surface area contributed by atoms with Crippen LogP contribution in [0.3, 0.4) is 0 Å². The summed E-state index contributed by atoms with van der Waals surface area (Å²) in [4.78, 5) is 87.9. The summed E-state index contributed by atoms with van der Waals surface area (Å²) in [6.07, 6.45) is 43.5. The second kappa shape index (κ2) is 49.8. The van der Waals surface area contributed by atoms with Crippen LogP contribution in [-0.4, -0.2) is 168 Å². The Morgan fingerprint density at radius 3 is 1.35 bits per heavy atom. The highest BCUT2D eigenvalue weighted by Crippen LogP contribution is 2.12. The number of carbonyl (C=O) groups excluding carboxylic acids is 3. The molecule has 18 nitrogen and oxygen atoms in total. The van der Waals surface area contributed by atoms with Gasteiger partial charge < -0.3 is 40.0 Å². The predicted molar refractivity (Wildman–Crippen MR) is 288 cm³/mol. The van der Waals surface area contributed by atoms with Gasteiger partial charge in [0.1, 0.15) is 6.61 Å². The molecule has 0 saturated carbocycles. The standard InChI is InChI=1S/C56H92N4O14/c1-3-5-7-9-11-13-15-17-19-21-23-25-27-29-31-34-55(70)73-48-49(74-56(71)35-32-30-28-26-24-22-20-18-16-14-12-10-8-6-4-2)47-72-41-36-57-50(61)42-59(44-52(64)65)38-33-37-58(43-51(62)63)39-40-60(45-53(66)67)46-54(68)69/h5-8,11-14,17-20,49H,3-4,9-10,15-16,21-48H2,1-2H3,(H,57,61)(H,62,63)(H,64,65)(H,66,67)(H,68,69)/b7-5+,8-6+,13-11+,14-12+,19-17+,20-18+. The largest absolute Gasteiger partial charge is 0.480 e. The quantitative estimate of drug-likeness (QED) is 0.0218. The number of nitrogens with zero attached hydrogens (tertiary/aromatic N) is 3. The normalized spacial score (nSPS) is 12.5. The molecule has 1 unspecified atom stereocenters. The second-order valence-corrected chi connectivity index (χ2v) is 18.0. The molecule has 18 heteroatoms. The lowest BCUT2D eigenvalue weighted by Crippen LogP contribution is -2.44. The Morgan fingerprint density at radius 2 is 0.851 bits per heavy atom. The number of carboxylic acids is 4. The van der Waals surface area contributed by atoms with E-state index in [1.807, 2.05) is 0 Å². The fraction of sp³-hybridized carbons (Fsp3) is 0.661. The highest BCUT2D eigenvalue weighted by molar-refractivity contribution is 5.79. The third-order valence-electron chi connectivity index (χ3n) is 11.1. The van der Waals surface area contributed by atoms with E-state index in [0.717, 1.165) is 108 Å². The summed E-state index contributed by atoms with van der Waals surface area (Å²) in [5.74, 6) is -6.10. The van der Waals surface area contributed by atoms with E-state index in [0.29, 0.717) is 12.8 Å². The van der Waals surface area contributed by atoms with Gasteiger partial charge in [-0.25, -0.2) is 0 Å². The fourth-order valence-electron chi connectivity index (χ4n) is 7.40. The summed E-state index contributed by atoms with van der Waals surface area (Å²) in [6, 6.07) is 0. The molecule has 0 aromatic carbocycles. The molecule has 0 aliphatic carbocycles. The van der Waals surface area contributed by atoms with Crippen LogP contribution in [-0.2, 0) is 47.8 Å². The number of hydrogen-bond acceptors (Lipinski definition) is 13. The van der Waals surface area contributed by atoms with Crippen molar-refractivity contribution in [2.24, 2.45) is 0 Å². The lowest BCUT2D eigenvalue weighted by molar-refractivity contribution is -0.162. The Hall–Kier alpha value is -5.43. The number of carboxylic acid groups (broad SMARTS) is 4. The van der Waals surface area contributed by atoms with E-state index >= 15 is 0 Å². The van der Waals surface area contributed by atoms with E-state index in [1.165, 1.54) is 9.80 Å². The molecule has 5 N–H and O–H groups in total. The highest BCUT2D eigenvalue weighted by atomic mass is 16.6. The third-order valence-corrected chi connectivity index (χ3v) is 11.1. The van der Waals surface area contributed by atoms with Gasteiger partial charge in [-0.05, 0) is 83.5 Å². The first-order valence-corrected chi connectivity index (χ1v) is 26.9. The number of esters is 2. The van der Waals surface area contributed by atoms with E-state index in [1.54, 1.807) is 0 Å². The number of ether oxygens (including phenoxy) is 3. The molecule has 0 rings (SSSR count). The van der Waals surface area contributed by atoms with Crippen molar-refractivity contribution in [1.82, 2.24) is 20.0 Å². The minimum Gasteiger partial charge on any atom is -0.480 e. The molecular formula is C56H92N4O14. The van der Waals surface area contributed by atoms with Gasteiger partial charge in [0.05, 0.1) is 45.9 Å². The highest BCUT2D eigenvalue weighted by Gasteiger charge is 2.20. The van der Waals surface area contributed by atoms with Crippen LogP contribution in [0.15, 0.2) is 72.9 Å². The molecule has 0 radical (unpaired) electrons. The number of rotatable bonds is 51. The predicted octanol–water partition coefficient (Wildman–Crippen LogP) is 8.39. The number of aliphatic carboxylic acids is 4. The Labute approximate surface area is 441 Å². The molecule has 0 bridgehead atoms. The van der Waals surface area contributed by atoms with Gasteiger partial charge in [0.2, 0.25) is 5.91 Å². The minimum atomic E-state index is -1.23. The van der Waals surface area contributed by atoms with Crippen molar-refractivity contribution in [1.29, 1.82) is 0 Å². The molecule has 0 fully saturated rings. The van der Waals surface area contributed by atoms with E-state index in [4.69, 9.17) is 24.4 Å². The number of nitrogens with one attached hydrogen (secondary N) is 1. The summed E-state index contributed by atoms with van der Waals surface area (Å²) < 4.78 is 17.0. The topological polar surface area (TPSA) is 250 Å². The van der Waals surface area contributed by atoms with E-state index in [2.05, 4.69) is 92.1 Å². The average Bonchev–Trinajstić information content (AvgIpc) is 3.33. The lowest BCUT2D eigenvalue weighted by atomic mass is 10.1. The Morgan fingerprint density at radius 1 is 0.446 bits per heavy atom. The molecule has 0 spiro atoms. The molecule has 0 aromatic rings. The smallest absolute Gasteiger partial charge is 0.317 e. The van der Waals surface area contributed by atoms with Crippen molar-refractivity contribution in [3.63, 3.8) is 0 Å². The molecule has 0 aliphatic rings. The van der Waals surface area contributed by atoms with Crippen LogP contribution >= 0.6 is 0 Å². The van der Waals surface area contributed by atoms with Crippen molar-refractivity contribution >= 4 is 41.7 Å². The van der Waals surface area contributed by atoms with Crippen molar-refractivity contribution in [2.45, 2.75) is 155 Å². The zero-order valence-corrected chi connectivity index (χ0v) is 44.8. The molecular weight excluding hydrogens is 953 g/mol. The van der Waals surface area contributed by atoms with Crippen LogP contribution < -0.4 is 5.32 Å². The van der Waals surface area contributed by atoms with Crippen molar-refractivity contribution < 1.29 is 68.2 Å². The van der Waals surface area contributed by atoms with Gasteiger partial charge in [-0.2, -0.15) is 0 Å². The maximum Gasteiger partial charge on any atom is 0.317 e. The number of hydrogen-bond donors (Lipinski definition) is 5. The monoisotopic (exact) mass is 1040 g/mol. The van der Waals surface area contributed by atoms with Crippen LogP contribution in [0.2, 0.25) is 0 Å². The number of carbonyl (C=O) groups is 7. The number of amides is 1. The van der Waals surface area contributed by atoms with Crippen LogP contribution in [0.5, 0.6) is 0 Å². The van der Waals surface area contributed by atoms with Gasteiger partial charge in [-0.15, -0.1) is 0 Å². The summed E-state index contributed by atoms with van der Waals surface area (Å²) in [5.41, 5.74) is 0. The maximum atomic E-state index is 12.9. The van der Waals surface area contributed by atoms with Gasteiger partial charge in [-0.1, -0.05) is 125 Å². The van der Waals surface area contributed by atoms with Gasteiger partial charge >= 0.3 is 35.8 Å². The van der Waals surface area contributed by atoms with Crippen LogP contribution in [0.1, 0.15) is 149 Å². The lowest BCUT2D eigenvalue weighted by Gasteiger charge is -2.26. The van der Waals surface area contributed by atoms with E-state index < -0.39 is 68.0 Å². The van der Waals surface area contributed by atoms with Gasteiger partial charge in [-0.3, -0.25) is 48.3 Å². The Kier molecular flexibility index (Phi) is 46.1. The zero-order chi connectivity index (χ0) is 54.7. The summed E-state index contributed by atoms with van der Waals surface area (Å²) in [6.45, 7) is 2.05. The summed E-state index contributed by atoms with van der Waals surface area (Å²) >= 11 is 0. The molecule has 0 aromatic heterocycles. The first-order valence-electron chi connectivity index (χ1n) is 26.9. The number of allylic oxidation sites excluding steroid dienone is 12. The fourth-order valence-corrected chi connectivity index (χ4v) is 7.40. The summed E-state index contributed by atoms with van der Waals surface area (Å²) in [7, 11) is 0. The van der Waals surface area contributed by atoms with Gasteiger partial charge in [0.15, 0.2) is 6.10 Å². The molecule has 74 heavy (non-hydrogen) atoms. The van der Waals surface area contributed by atoms with E-state index in [-0.39, 0.29) is 84.3 Å². The second-order valence-electron chi connectivity index (χ2n) is 18.0. The summed E-state index contributed by atoms with van der Waals surface area (Å²) in [5, 5.41) is 39.8. The molecule has 1 amide bonds. The minimum absolute atomic E-state index is 0.0178. The van der Waals surface area contributed by atoms with Crippen LogP contribution in [0, 0.1) is 0 Å². The van der Waals surface area contributed by atoms with Crippen molar-refractivity contribution in [2.75, 3.05) is 85.3 Å². The third kappa shape index (κ3) is 48.8. The number of unbranched alkanes of at least 4 members (excludes halogenated alkanes) is 10. The molecule has 0 heterocycles.